The number of aryl methyl sites for hydroxylation is 2. The number of hydrogen-bond donors (Lipinski definition) is 0. The van der Waals surface area contributed by atoms with Crippen LogP contribution >= 0.6 is 11.6 Å². The summed E-state index contributed by atoms with van der Waals surface area (Å²) in [7, 11) is 0. The van der Waals surface area contributed by atoms with Crippen molar-refractivity contribution in [2.75, 3.05) is 13.1 Å². The topological polar surface area (TPSA) is 55.2 Å². The molecule has 2 aromatic heterocycles. The molecule has 2 aromatic carbocycles. The minimum atomic E-state index is -0.141. The maximum Gasteiger partial charge on any atom is 0.264 e. The Bertz CT molecular complexity index is 1610. The zero-order valence-corrected chi connectivity index (χ0v) is 25.9. The number of carbonyl (C=O) groups is 1. The third-order valence-electron chi connectivity index (χ3n) is 8.13. The summed E-state index contributed by atoms with van der Waals surface area (Å²) in [6, 6.07) is 21.3. The minimum absolute atomic E-state index is 0.00114. The molecule has 5 nitrogen and oxygen atoms in total. The maximum absolute atomic E-state index is 14.7. The molecule has 0 atom stereocenters. The number of amides is 1. The van der Waals surface area contributed by atoms with E-state index >= 15 is 0 Å². The van der Waals surface area contributed by atoms with Crippen molar-refractivity contribution in [1.82, 2.24) is 14.5 Å². The van der Waals surface area contributed by atoms with Crippen LogP contribution in [0.5, 0.6) is 0 Å². The van der Waals surface area contributed by atoms with Gasteiger partial charge in [-0.2, -0.15) is 0 Å². The molecule has 1 fully saturated rings. The van der Waals surface area contributed by atoms with Gasteiger partial charge >= 0.3 is 0 Å². The third kappa shape index (κ3) is 6.07. The van der Waals surface area contributed by atoms with Gasteiger partial charge in [0.25, 0.3) is 11.5 Å². The Morgan fingerprint density at radius 3 is 2.12 bits per heavy atom. The molecule has 1 aliphatic rings. The first kappa shape index (κ1) is 29.8. The molecule has 0 aliphatic carbocycles. The number of benzene rings is 2. The molecule has 1 amide bonds. The molecular weight excluding hydrogens is 542 g/mol. The number of piperidine rings is 1. The lowest BCUT2D eigenvalue weighted by atomic mass is 9.95. The van der Waals surface area contributed by atoms with Gasteiger partial charge in [0.1, 0.15) is 0 Å². The molecule has 0 unspecified atom stereocenters. The molecule has 0 spiro atoms. The third-order valence-corrected chi connectivity index (χ3v) is 8.38. The zero-order valence-electron chi connectivity index (χ0n) is 25.1. The fourth-order valence-corrected chi connectivity index (χ4v) is 6.11. The molecule has 0 N–H and O–H groups in total. The van der Waals surface area contributed by atoms with Gasteiger partial charge in [-0.1, -0.05) is 75.7 Å². The Hall–Kier alpha value is -3.70. The summed E-state index contributed by atoms with van der Waals surface area (Å²) in [6.45, 7) is 10.00. The predicted molar refractivity (Wildman–Crippen MR) is 173 cm³/mol. The molecule has 0 saturated carbocycles. The lowest BCUT2D eigenvalue weighted by Gasteiger charge is -2.29. The van der Waals surface area contributed by atoms with Crippen molar-refractivity contribution < 1.29 is 4.79 Å². The fourth-order valence-electron chi connectivity index (χ4n) is 5.98. The number of hydrogen-bond acceptors (Lipinski definition) is 3. The second kappa shape index (κ2) is 13.1. The molecular formula is C36H40ClN3O2. The smallest absolute Gasteiger partial charge is 0.264 e. The van der Waals surface area contributed by atoms with E-state index in [2.05, 4.69) is 45.9 Å². The summed E-state index contributed by atoms with van der Waals surface area (Å²) in [6.07, 6.45) is 5.31. The average Bonchev–Trinajstić information content (AvgIpc) is 3.01. The summed E-state index contributed by atoms with van der Waals surface area (Å²) in [5, 5.41) is 0.653. The van der Waals surface area contributed by atoms with E-state index in [0.29, 0.717) is 28.3 Å². The predicted octanol–water partition coefficient (Wildman–Crippen LogP) is 8.17. The highest BCUT2D eigenvalue weighted by molar-refractivity contribution is 6.30. The number of carbonyl (C=O) groups excluding carboxylic acids is 1. The van der Waals surface area contributed by atoms with Gasteiger partial charge in [0, 0.05) is 29.4 Å². The monoisotopic (exact) mass is 581 g/mol. The number of para-hydroxylation sites is 1. The first-order chi connectivity index (χ1) is 20.3. The van der Waals surface area contributed by atoms with E-state index in [9.17, 15) is 9.59 Å². The Morgan fingerprint density at radius 2 is 1.50 bits per heavy atom. The van der Waals surface area contributed by atoms with Crippen LogP contribution in [0.2, 0.25) is 5.02 Å². The number of aromatic nitrogens is 2. The van der Waals surface area contributed by atoms with Crippen molar-refractivity contribution >= 4 is 17.5 Å². The molecule has 0 radical (unpaired) electrons. The van der Waals surface area contributed by atoms with Crippen molar-refractivity contribution in [2.45, 2.75) is 66.2 Å². The van der Waals surface area contributed by atoms with E-state index < -0.39 is 0 Å². The van der Waals surface area contributed by atoms with E-state index in [1.165, 1.54) is 0 Å². The van der Waals surface area contributed by atoms with Crippen molar-refractivity contribution in [2.24, 2.45) is 5.92 Å². The van der Waals surface area contributed by atoms with E-state index in [0.717, 1.165) is 79.0 Å². The van der Waals surface area contributed by atoms with Crippen molar-refractivity contribution in [3.8, 4) is 28.2 Å². The van der Waals surface area contributed by atoms with Crippen LogP contribution < -0.4 is 5.56 Å². The van der Waals surface area contributed by atoms with E-state index in [-0.39, 0.29) is 17.4 Å². The van der Waals surface area contributed by atoms with Crippen molar-refractivity contribution in [3.05, 3.63) is 104 Å². The van der Waals surface area contributed by atoms with Crippen LogP contribution in [0, 0.1) is 5.92 Å². The van der Waals surface area contributed by atoms with Crippen LogP contribution in [-0.4, -0.2) is 33.4 Å². The van der Waals surface area contributed by atoms with E-state index in [1.54, 1.807) is 0 Å². The number of rotatable bonds is 8. The van der Waals surface area contributed by atoms with Crippen LogP contribution in [-0.2, 0) is 19.3 Å². The standard InChI is InChI=1S/C36H40ClN3O2/c1-5-25-12-10-13-26(6-2)34(25)40-33(22-24(3)4)30(35(41)39-20-8-7-9-21-39)23-29(36(40)42)32-15-11-14-31(38-32)27-16-18-28(37)19-17-27/h10-19,23-24H,5-9,20-22H2,1-4H3. The van der Waals surface area contributed by atoms with E-state index in [1.807, 2.05) is 58.0 Å². The Labute approximate surface area is 254 Å². The fraction of sp³-hybridized carbons (Fsp3) is 0.361. The zero-order chi connectivity index (χ0) is 29.8. The maximum atomic E-state index is 14.7. The first-order valence-corrected chi connectivity index (χ1v) is 15.6. The average molecular weight is 582 g/mol. The number of nitrogens with zero attached hydrogens (tertiary/aromatic N) is 3. The summed E-state index contributed by atoms with van der Waals surface area (Å²) >= 11 is 6.13. The Morgan fingerprint density at radius 1 is 0.881 bits per heavy atom. The number of likely N-dealkylation sites (tertiary alicyclic amines) is 1. The lowest BCUT2D eigenvalue weighted by Crippen LogP contribution is -2.38. The van der Waals surface area contributed by atoms with Gasteiger partial charge in [0.05, 0.1) is 28.2 Å². The molecule has 42 heavy (non-hydrogen) atoms. The van der Waals surface area contributed by atoms with Crippen LogP contribution in [0.25, 0.3) is 28.2 Å². The number of pyridine rings is 2. The van der Waals surface area contributed by atoms with Gasteiger partial charge in [0.15, 0.2) is 0 Å². The SMILES string of the molecule is CCc1cccc(CC)c1-n1c(CC(C)C)c(C(=O)N2CCCCC2)cc(-c2cccc(-c3ccc(Cl)cc3)n2)c1=O. The summed E-state index contributed by atoms with van der Waals surface area (Å²) in [5.74, 6) is 0.251. The molecule has 1 saturated heterocycles. The second-order valence-electron chi connectivity index (χ2n) is 11.6. The molecule has 6 heteroatoms. The quantitative estimate of drug-likeness (QED) is 0.211. The highest BCUT2D eigenvalue weighted by atomic mass is 35.5. The molecule has 5 rings (SSSR count). The minimum Gasteiger partial charge on any atom is -0.339 e. The number of halogens is 1. The van der Waals surface area contributed by atoms with Crippen LogP contribution in [0.3, 0.4) is 0 Å². The molecule has 218 valence electrons. The second-order valence-corrected chi connectivity index (χ2v) is 12.0. The highest BCUT2D eigenvalue weighted by Crippen LogP contribution is 2.30. The van der Waals surface area contributed by atoms with Gasteiger partial charge in [0.2, 0.25) is 0 Å². The van der Waals surface area contributed by atoms with Crippen LogP contribution in [0.15, 0.2) is 71.5 Å². The Kier molecular flexibility index (Phi) is 9.27. The van der Waals surface area contributed by atoms with Gasteiger partial charge in [-0.3, -0.25) is 14.2 Å². The van der Waals surface area contributed by atoms with Gasteiger partial charge in [-0.15, -0.1) is 0 Å². The van der Waals surface area contributed by atoms with E-state index in [4.69, 9.17) is 16.6 Å². The summed E-state index contributed by atoms with van der Waals surface area (Å²) in [5.41, 5.74) is 6.99. The molecule has 1 aliphatic heterocycles. The molecule has 0 bridgehead atoms. The highest BCUT2D eigenvalue weighted by Gasteiger charge is 2.28. The van der Waals surface area contributed by atoms with Crippen molar-refractivity contribution in [3.63, 3.8) is 0 Å². The van der Waals surface area contributed by atoms with Crippen LogP contribution in [0.4, 0.5) is 0 Å². The van der Waals surface area contributed by atoms with Gasteiger partial charge < -0.3 is 4.90 Å². The normalized spacial score (nSPS) is 13.5. The summed E-state index contributed by atoms with van der Waals surface area (Å²) in [4.78, 5) is 35.9. The Balaban J connectivity index is 1.82. The first-order valence-electron chi connectivity index (χ1n) is 15.2. The van der Waals surface area contributed by atoms with Crippen LogP contribution in [0.1, 0.15) is 74.1 Å². The van der Waals surface area contributed by atoms with Crippen molar-refractivity contribution in [1.29, 1.82) is 0 Å². The lowest BCUT2D eigenvalue weighted by molar-refractivity contribution is 0.0722. The van der Waals surface area contributed by atoms with Gasteiger partial charge in [-0.05, 0) is 85.9 Å². The van der Waals surface area contributed by atoms with Gasteiger partial charge in [-0.25, -0.2) is 4.98 Å². The summed E-state index contributed by atoms with van der Waals surface area (Å²) < 4.78 is 1.86. The molecule has 3 heterocycles. The molecule has 4 aromatic rings. The largest absolute Gasteiger partial charge is 0.339 e.